The van der Waals surface area contributed by atoms with Crippen LogP contribution < -0.4 is 5.43 Å². The highest BCUT2D eigenvalue weighted by Gasteiger charge is 2.22. The topological polar surface area (TPSA) is 55.2 Å². The van der Waals surface area contributed by atoms with E-state index >= 15 is 0 Å². The fraction of sp³-hybridized carbons (Fsp3) is 0.150. The van der Waals surface area contributed by atoms with E-state index in [0.29, 0.717) is 10.0 Å². The number of carbonyl (C=O) groups excluding carboxylic acids is 1. The van der Waals surface area contributed by atoms with E-state index in [2.05, 4.69) is 11.7 Å². The Balaban J connectivity index is 2.02. The summed E-state index contributed by atoms with van der Waals surface area (Å²) in [5, 5.41) is 4.17. The average molecular weight is 418 g/mol. The van der Waals surface area contributed by atoms with Crippen LogP contribution in [0.2, 0.25) is 4.34 Å². The minimum atomic E-state index is -0.556. The molecule has 3 rings (SSSR count). The lowest BCUT2D eigenvalue weighted by molar-refractivity contribution is 0.0755. The smallest absolute Gasteiger partial charge is 0.279 e. The van der Waals surface area contributed by atoms with Crippen LogP contribution in [0.5, 0.6) is 0 Å². The number of nitrogens with zero attached hydrogens (tertiary/aromatic N) is 3. The summed E-state index contributed by atoms with van der Waals surface area (Å²) in [6.07, 6.45) is 1.57. The summed E-state index contributed by atoms with van der Waals surface area (Å²) in [5.74, 6) is -1.06. The van der Waals surface area contributed by atoms with Gasteiger partial charge in [0.1, 0.15) is 11.5 Å². The lowest BCUT2D eigenvalue weighted by Gasteiger charge is -2.20. The third-order valence-corrected chi connectivity index (χ3v) is 5.22. The predicted molar refractivity (Wildman–Crippen MR) is 109 cm³/mol. The second-order valence-corrected chi connectivity index (χ2v) is 7.84. The van der Waals surface area contributed by atoms with E-state index < -0.39 is 17.2 Å². The van der Waals surface area contributed by atoms with Crippen LogP contribution in [-0.2, 0) is 6.54 Å². The maximum absolute atomic E-state index is 14.2. The van der Waals surface area contributed by atoms with E-state index in [-0.39, 0.29) is 24.5 Å². The molecule has 0 unspecified atom stereocenters. The van der Waals surface area contributed by atoms with Gasteiger partial charge in [-0.05, 0) is 31.2 Å². The second-order valence-electron chi connectivity index (χ2n) is 6.04. The third kappa shape index (κ3) is 4.21. The quantitative estimate of drug-likeness (QED) is 0.564. The molecule has 0 aliphatic carbocycles. The van der Waals surface area contributed by atoms with Crippen molar-refractivity contribution in [1.82, 2.24) is 14.7 Å². The summed E-state index contributed by atoms with van der Waals surface area (Å²) < 4.78 is 16.1. The number of rotatable bonds is 6. The molecule has 0 aliphatic rings. The first-order chi connectivity index (χ1) is 13.4. The number of para-hydroxylation sites is 1. The van der Waals surface area contributed by atoms with Gasteiger partial charge in [0.15, 0.2) is 5.69 Å². The molecule has 2 aromatic heterocycles. The van der Waals surface area contributed by atoms with Crippen LogP contribution in [-0.4, -0.2) is 27.1 Å². The molecule has 1 aromatic carbocycles. The van der Waals surface area contributed by atoms with Gasteiger partial charge in [0.2, 0.25) is 5.43 Å². The molecule has 144 valence electrons. The molecule has 0 saturated heterocycles. The Labute approximate surface area is 170 Å². The number of hydrogen-bond acceptors (Lipinski definition) is 4. The van der Waals surface area contributed by atoms with Gasteiger partial charge in [-0.15, -0.1) is 17.9 Å². The molecular weight excluding hydrogens is 401 g/mol. The van der Waals surface area contributed by atoms with Crippen LogP contribution in [0.25, 0.3) is 5.69 Å². The fourth-order valence-corrected chi connectivity index (χ4v) is 3.82. The molecule has 2 heterocycles. The second kappa shape index (κ2) is 8.50. The number of aromatic nitrogens is 2. The molecule has 0 saturated carbocycles. The average Bonchev–Trinajstić information content (AvgIpc) is 3.07. The summed E-state index contributed by atoms with van der Waals surface area (Å²) in [5.41, 5.74) is -0.215. The highest BCUT2D eigenvalue weighted by atomic mass is 35.5. The maximum Gasteiger partial charge on any atom is 0.279 e. The number of aryl methyl sites for hydroxylation is 1. The Morgan fingerprint density at radius 2 is 2.11 bits per heavy atom. The summed E-state index contributed by atoms with van der Waals surface area (Å²) in [7, 11) is 0. The molecule has 0 radical (unpaired) electrons. The summed E-state index contributed by atoms with van der Waals surface area (Å²) in [6, 6.07) is 10.9. The molecule has 0 bridgehead atoms. The van der Waals surface area contributed by atoms with E-state index in [1.54, 1.807) is 31.2 Å². The first-order valence-electron chi connectivity index (χ1n) is 8.41. The van der Waals surface area contributed by atoms with Crippen molar-refractivity contribution < 1.29 is 9.18 Å². The van der Waals surface area contributed by atoms with Crippen molar-refractivity contribution >= 4 is 28.8 Å². The summed E-state index contributed by atoms with van der Waals surface area (Å²) in [4.78, 5) is 27.8. The maximum atomic E-state index is 14.2. The van der Waals surface area contributed by atoms with Crippen molar-refractivity contribution in [2.75, 3.05) is 6.54 Å². The van der Waals surface area contributed by atoms with Gasteiger partial charge >= 0.3 is 0 Å². The highest BCUT2D eigenvalue weighted by molar-refractivity contribution is 7.16. The molecule has 28 heavy (non-hydrogen) atoms. The van der Waals surface area contributed by atoms with Gasteiger partial charge in [0.25, 0.3) is 5.91 Å². The normalized spacial score (nSPS) is 10.7. The fourth-order valence-electron chi connectivity index (χ4n) is 2.71. The monoisotopic (exact) mass is 417 g/mol. The molecule has 0 fully saturated rings. The van der Waals surface area contributed by atoms with Crippen molar-refractivity contribution in [1.29, 1.82) is 0 Å². The van der Waals surface area contributed by atoms with E-state index in [1.807, 2.05) is 6.07 Å². The van der Waals surface area contributed by atoms with Crippen molar-refractivity contribution in [2.24, 2.45) is 0 Å². The predicted octanol–water partition coefficient (Wildman–Crippen LogP) is 4.22. The van der Waals surface area contributed by atoms with Crippen molar-refractivity contribution in [3.8, 4) is 5.69 Å². The van der Waals surface area contributed by atoms with Gasteiger partial charge in [-0.25, -0.2) is 9.07 Å². The van der Waals surface area contributed by atoms with Gasteiger partial charge in [-0.1, -0.05) is 29.8 Å². The minimum Gasteiger partial charge on any atom is -0.328 e. The Morgan fingerprint density at radius 1 is 1.36 bits per heavy atom. The van der Waals surface area contributed by atoms with Crippen LogP contribution >= 0.6 is 22.9 Å². The Bertz CT molecular complexity index is 1090. The largest absolute Gasteiger partial charge is 0.328 e. The Hall–Kier alpha value is -2.77. The first-order valence-corrected chi connectivity index (χ1v) is 9.60. The van der Waals surface area contributed by atoms with Crippen LogP contribution in [0.1, 0.15) is 21.1 Å². The van der Waals surface area contributed by atoms with Crippen LogP contribution in [0, 0.1) is 12.7 Å². The lowest BCUT2D eigenvalue weighted by Crippen LogP contribution is -2.36. The van der Waals surface area contributed by atoms with Gasteiger partial charge in [-0.2, -0.15) is 5.10 Å². The number of benzene rings is 1. The molecule has 0 N–H and O–H groups in total. The zero-order chi connectivity index (χ0) is 20.3. The van der Waals surface area contributed by atoms with E-state index in [4.69, 9.17) is 11.6 Å². The van der Waals surface area contributed by atoms with Crippen LogP contribution in [0.15, 0.2) is 59.9 Å². The van der Waals surface area contributed by atoms with E-state index in [0.717, 1.165) is 4.88 Å². The van der Waals surface area contributed by atoms with Crippen molar-refractivity contribution in [3.05, 3.63) is 91.8 Å². The zero-order valence-corrected chi connectivity index (χ0v) is 16.6. The molecule has 0 aliphatic heterocycles. The van der Waals surface area contributed by atoms with Crippen LogP contribution in [0.3, 0.4) is 0 Å². The third-order valence-electron chi connectivity index (χ3n) is 4.00. The summed E-state index contributed by atoms with van der Waals surface area (Å²) in [6.45, 7) is 5.78. The number of halogens is 2. The molecule has 0 spiro atoms. The molecule has 0 atom stereocenters. The minimum absolute atomic E-state index is 0.161. The van der Waals surface area contributed by atoms with Crippen molar-refractivity contribution in [2.45, 2.75) is 13.5 Å². The van der Waals surface area contributed by atoms with E-state index in [9.17, 15) is 14.0 Å². The Morgan fingerprint density at radius 3 is 2.75 bits per heavy atom. The van der Waals surface area contributed by atoms with E-state index in [1.165, 1.54) is 39.1 Å². The zero-order valence-electron chi connectivity index (χ0n) is 15.1. The van der Waals surface area contributed by atoms with Crippen LogP contribution in [0.4, 0.5) is 4.39 Å². The number of thiophene rings is 1. The first kappa shape index (κ1) is 20.0. The standard InChI is InChI=1S/C20H17ClFN3O2S/c1-3-10-24(12-14-8-9-18(21)28-14)20(27)19-17(26)11-13(2)25(23-19)16-7-5-4-6-15(16)22/h3-9,11H,1,10,12H2,2H3. The lowest BCUT2D eigenvalue weighted by atomic mass is 10.2. The number of hydrogen-bond donors (Lipinski definition) is 0. The van der Waals surface area contributed by atoms with Gasteiger partial charge in [-0.3, -0.25) is 9.59 Å². The molecule has 1 amide bonds. The van der Waals surface area contributed by atoms with Gasteiger partial charge < -0.3 is 4.90 Å². The van der Waals surface area contributed by atoms with Gasteiger partial charge in [0.05, 0.1) is 10.9 Å². The van der Waals surface area contributed by atoms with Gasteiger partial charge in [0, 0.05) is 23.2 Å². The highest BCUT2D eigenvalue weighted by Crippen LogP contribution is 2.23. The molecular formula is C20H17ClFN3O2S. The Kier molecular flexibility index (Phi) is 6.06. The molecule has 3 aromatic rings. The van der Waals surface area contributed by atoms with Crippen molar-refractivity contribution in [3.63, 3.8) is 0 Å². The molecule has 5 nitrogen and oxygen atoms in total. The summed E-state index contributed by atoms with van der Waals surface area (Å²) >= 11 is 7.30. The molecule has 8 heteroatoms. The SMILES string of the molecule is C=CCN(Cc1ccc(Cl)s1)C(=O)c1nn(-c2ccccc2F)c(C)cc1=O. The number of amides is 1. The number of carbonyl (C=O) groups is 1.